The fourth-order valence-electron chi connectivity index (χ4n) is 2.76. The van der Waals surface area contributed by atoms with Crippen LogP contribution in [0.2, 0.25) is 0 Å². The number of hydrogen-bond donors (Lipinski definition) is 2. The first-order valence-corrected chi connectivity index (χ1v) is 10.0. The van der Waals surface area contributed by atoms with Crippen LogP contribution in [0.4, 0.5) is 10.5 Å². The zero-order valence-electron chi connectivity index (χ0n) is 18.8. The summed E-state index contributed by atoms with van der Waals surface area (Å²) in [5, 5.41) is 6.48. The van der Waals surface area contributed by atoms with Crippen LogP contribution in [0.25, 0.3) is 0 Å². The van der Waals surface area contributed by atoms with Crippen LogP contribution in [-0.4, -0.2) is 62.4 Å². The number of nitrogens with zero attached hydrogens (tertiary/aromatic N) is 2. The molecule has 0 aromatic heterocycles. The molecule has 8 nitrogen and oxygen atoms in total. The second kappa shape index (κ2) is 12.1. The van der Waals surface area contributed by atoms with E-state index in [4.69, 9.17) is 14.2 Å². The van der Waals surface area contributed by atoms with Crippen molar-refractivity contribution >= 4 is 41.7 Å². The molecule has 0 aliphatic heterocycles. The van der Waals surface area contributed by atoms with Crippen LogP contribution in [0.5, 0.6) is 11.5 Å². The van der Waals surface area contributed by atoms with E-state index >= 15 is 0 Å². The molecule has 2 rings (SSSR count). The maximum absolute atomic E-state index is 12.5. The highest BCUT2D eigenvalue weighted by atomic mass is 127. The molecule has 0 heterocycles. The van der Waals surface area contributed by atoms with Crippen LogP contribution >= 0.6 is 24.0 Å². The Hall–Kier alpha value is -1.91. The summed E-state index contributed by atoms with van der Waals surface area (Å²) in [5.41, 5.74) is 0.325. The van der Waals surface area contributed by atoms with Gasteiger partial charge in [0.05, 0.1) is 20.8 Å². The van der Waals surface area contributed by atoms with Crippen molar-refractivity contribution in [2.24, 2.45) is 4.99 Å². The van der Waals surface area contributed by atoms with Crippen molar-refractivity contribution in [3.63, 3.8) is 0 Å². The van der Waals surface area contributed by atoms with Gasteiger partial charge in [-0.3, -0.25) is 4.99 Å². The number of aliphatic imine (C=N–C) groups is 1. The van der Waals surface area contributed by atoms with Crippen LogP contribution in [0.15, 0.2) is 23.2 Å². The lowest BCUT2D eigenvalue weighted by Gasteiger charge is -2.27. The van der Waals surface area contributed by atoms with Gasteiger partial charge < -0.3 is 29.7 Å². The van der Waals surface area contributed by atoms with Crippen LogP contribution in [0, 0.1) is 0 Å². The minimum absolute atomic E-state index is 0. The van der Waals surface area contributed by atoms with Crippen molar-refractivity contribution in [3.05, 3.63) is 18.2 Å². The standard InChI is InChI=1S/C21H34N4O4.HI/c1-7-22-19(24-15-8-11-17(27-5)18(14-15)28-6)23-12-13-25(16-9-10-16)20(26)29-21(2,3)4;/h8,11,14,16H,7,9-10,12-13H2,1-6H3,(H2,22,23,24);1H. The van der Waals surface area contributed by atoms with Gasteiger partial charge in [0.15, 0.2) is 17.5 Å². The number of halogens is 1. The molecule has 30 heavy (non-hydrogen) atoms. The predicted molar refractivity (Wildman–Crippen MR) is 131 cm³/mol. The van der Waals surface area contributed by atoms with E-state index < -0.39 is 5.60 Å². The van der Waals surface area contributed by atoms with Gasteiger partial charge in [0, 0.05) is 30.9 Å². The van der Waals surface area contributed by atoms with E-state index in [1.807, 2.05) is 45.9 Å². The Kier molecular flexibility index (Phi) is 10.5. The number of rotatable bonds is 8. The maximum Gasteiger partial charge on any atom is 0.410 e. The predicted octanol–water partition coefficient (Wildman–Crippen LogP) is 4.10. The molecule has 2 N–H and O–H groups in total. The van der Waals surface area contributed by atoms with E-state index in [1.54, 1.807) is 19.1 Å². The minimum Gasteiger partial charge on any atom is -0.493 e. The van der Waals surface area contributed by atoms with E-state index in [2.05, 4.69) is 15.6 Å². The number of anilines is 1. The van der Waals surface area contributed by atoms with Crippen LogP contribution in [0.3, 0.4) is 0 Å². The lowest BCUT2D eigenvalue weighted by atomic mass is 10.2. The Morgan fingerprint density at radius 3 is 2.40 bits per heavy atom. The molecule has 0 saturated heterocycles. The van der Waals surface area contributed by atoms with Gasteiger partial charge in [0.1, 0.15) is 5.60 Å². The van der Waals surface area contributed by atoms with Gasteiger partial charge in [-0.1, -0.05) is 0 Å². The lowest BCUT2D eigenvalue weighted by Crippen LogP contribution is -2.40. The Bertz CT molecular complexity index is 717. The first-order valence-electron chi connectivity index (χ1n) is 10.0. The number of methoxy groups -OCH3 is 2. The highest BCUT2D eigenvalue weighted by molar-refractivity contribution is 14.0. The van der Waals surface area contributed by atoms with Crippen molar-refractivity contribution < 1.29 is 19.0 Å². The Morgan fingerprint density at radius 2 is 1.87 bits per heavy atom. The molecule has 9 heteroatoms. The summed E-state index contributed by atoms with van der Waals surface area (Å²) in [6.07, 6.45) is 1.77. The number of carbonyl (C=O) groups excluding carboxylic acids is 1. The van der Waals surface area contributed by atoms with Gasteiger partial charge in [-0.15, -0.1) is 24.0 Å². The first kappa shape index (κ1) is 26.1. The average Bonchev–Trinajstić information content (AvgIpc) is 3.48. The van der Waals surface area contributed by atoms with Crippen molar-refractivity contribution in [2.45, 2.75) is 52.2 Å². The van der Waals surface area contributed by atoms with E-state index in [0.717, 1.165) is 25.1 Å². The zero-order chi connectivity index (χ0) is 21.4. The van der Waals surface area contributed by atoms with E-state index in [1.165, 1.54) is 0 Å². The summed E-state index contributed by atoms with van der Waals surface area (Å²) in [6.45, 7) is 9.35. The first-order chi connectivity index (χ1) is 13.8. The van der Waals surface area contributed by atoms with Gasteiger partial charge in [-0.2, -0.15) is 0 Å². The molecule has 170 valence electrons. The smallest absolute Gasteiger partial charge is 0.410 e. The third kappa shape index (κ3) is 8.45. The number of carbonyl (C=O) groups is 1. The molecule has 1 aliphatic carbocycles. The Morgan fingerprint density at radius 1 is 1.20 bits per heavy atom. The summed E-state index contributed by atoms with van der Waals surface area (Å²) in [4.78, 5) is 18.9. The molecule has 0 spiro atoms. The number of nitrogens with one attached hydrogen (secondary N) is 2. The average molecular weight is 534 g/mol. The summed E-state index contributed by atoms with van der Waals surface area (Å²) < 4.78 is 16.1. The lowest BCUT2D eigenvalue weighted by molar-refractivity contribution is 0.0240. The van der Waals surface area contributed by atoms with E-state index in [0.29, 0.717) is 30.5 Å². The van der Waals surface area contributed by atoms with E-state index in [-0.39, 0.29) is 36.1 Å². The normalized spacial score (nSPS) is 13.7. The molecule has 0 bridgehead atoms. The minimum atomic E-state index is -0.503. The molecule has 0 radical (unpaired) electrons. The number of benzene rings is 1. The number of guanidine groups is 1. The molecular weight excluding hydrogens is 499 g/mol. The second-order valence-corrected chi connectivity index (χ2v) is 7.86. The van der Waals surface area contributed by atoms with Crippen molar-refractivity contribution in [3.8, 4) is 11.5 Å². The quantitative estimate of drug-likeness (QED) is 0.297. The number of amides is 1. The molecule has 0 unspecified atom stereocenters. The SMILES string of the molecule is CCNC(=NCCN(C(=O)OC(C)(C)C)C1CC1)Nc1ccc(OC)c(OC)c1.I. The number of hydrogen-bond acceptors (Lipinski definition) is 5. The highest BCUT2D eigenvalue weighted by Crippen LogP contribution is 2.30. The molecule has 1 aromatic carbocycles. The fraction of sp³-hybridized carbons (Fsp3) is 0.619. The highest BCUT2D eigenvalue weighted by Gasteiger charge is 2.34. The second-order valence-electron chi connectivity index (χ2n) is 7.86. The molecular formula is C21H35IN4O4. The third-order valence-corrected chi connectivity index (χ3v) is 4.22. The van der Waals surface area contributed by atoms with Gasteiger partial charge in [-0.25, -0.2) is 4.79 Å². The zero-order valence-corrected chi connectivity index (χ0v) is 21.1. The molecule has 0 atom stereocenters. The van der Waals surface area contributed by atoms with Gasteiger partial charge >= 0.3 is 6.09 Å². The summed E-state index contributed by atoms with van der Waals surface area (Å²) in [7, 11) is 3.21. The van der Waals surface area contributed by atoms with Crippen molar-refractivity contribution in [2.75, 3.05) is 39.2 Å². The van der Waals surface area contributed by atoms with E-state index in [9.17, 15) is 4.79 Å². The molecule has 1 saturated carbocycles. The third-order valence-electron chi connectivity index (χ3n) is 4.22. The molecule has 1 aliphatic rings. The van der Waals surface area contributed by atoms with Gasteiger partial charge in [0.25, 0.3) is 0 Å². The maximum atomic E-state index is 12.5. The molecule has 1 fully saturated rings. The van der Waals surface area contributed by atoms with Crippen LogP contribution in [0.1, 0.15) is 40.5 Å². The monoisotopic (exact) mass is 534 g/mol. The Labute approximate surface area is 196 Å². The number of ether oxygens (including phenoxy) is 3. The van der Waals surface area contributed by atoms with Gasteiger partial charge in [0.2, 0.25) is 0 Å². The summed E-state index contributed by atoms with van der Waals surface area (Å²) in [6, 6.07) is 5.84. The molecule has 1 aromatic rings. The molecule has 1 amide bonds. The largest absolute Gasteiger partial charge is 0.493 e. The van der Waals surface area contributed by atoms with Crippen molar-refractivity contribution in [1.29, 1.82) is 0 Å². The Balaban J connectivity index is 0.00000450. The van der Waals surface area contributed by atoms with Crippen LogP contribution < -0.4 is 20.1 Å². The van der Waals surface area contributed by atoms with Crippen LogP contribution in [-0.2, 0) is 4.74 Å². The topological polar surface area (TPSA) is 84.4 Å². The fourth-order valence-corrected chi connectivity index (χ4v) is 2.76. The summed E-state index contributed by atoms with van der Waals surface area (Å²) >= 11 is 0. The van der Waals surface area contributed by atoms with Gasteiger partial charge in [-0.05, 0) is 52.7 Å². The summed E-state index contributed by atoms with van der Waals surface area (Å²) in [5.74, 6) is 1.94. The van der Waals surface area contributed by atoms with Crippen molar-refractivity contribution in [1.82, 2.24) is 10.2 Å².